The molecule has 6 nitrogen and oxygen atoms in total. The summed E-state index contributed by atoms with van der Waals surface area (Å²) in [5.41, 5.74) is 0.656. The molecule has 0 aromatic carbocycles. The van der Waals surface area contributed by atoms with E-state index >= 15 is 0 Å². The number of pyridine rings is 1. The molecule has 2 rings (SSSR count). The Labute approximate surface area is 132 Å². The number of anilines is 1. The molecule has 0 saturated carbocycles. The number of carbonyl (C=O) groups is 1. The van der Waals surface area contributed by atoms with Gasteiger partial charge in [0.1, 0.15) is 0 Å². The minimum atomic E-state index is -0.195. The molecule has 1 saturated heterocycles. The van der Waals surface area contributed by atoms with Crippen molar-refractivity contribution in [1.29, 1.82) is 0 Å². The normalized spacial score (nSPS) is 16.3. The Hall–Kier alpha value is -1.82. The van der Waals surface area contributed by atoms with Gasteiger partial charge < -0.3 is 20.3 Å². The van der Waals surface area contributed by atoms with Crippen LogP contribution in [0.1, 0.15) is 26.2 Å². The van der Waals surface area contributed by atoms with E-state index in [-0.39, 0.29) is 6.03 Å². The topological polar surface area (TPSA) is 66.5 Å². The van der Waals surface area contributed by atoms with Gasteiger partial charge in [-0.15, -0.1) is 0 Å². The van der Waals surface area contributed by atoms with Crippen LogP contribution in [-0.2, 0) is 0 Å². The second-order valence-electron chi connectivity index (χ2n) is 5.85. The third-order valence-corrected chi connectivity index (χ3v) is 4.02. The number of piperidine rings is 1. The summed E-state index contributed by atoms with van der Waals surface area (Å²) in [4.78, 5) is 18.3. The largest absolute Gasteiger partial charge is 0.481 e. The minimum absolute atomic E-state index is 0.195. The zero-order valence-electron chi connectivity index (χ0n) is 13.5. The van der Waals surface area contributed by atoms with Crippen LogP contribution in [0.25, 0.3) is 0 Å². The molecule has 1 fully saturated rings. The smallest absolute Gasteiger partial charge is 0.319 e. The number of aromatic nitrogens is 1. The summed E-state index contributed by atoms with van der Waals surface area (Å²) >= 11 is 0. The van der Waals surface area contributed by atoms with E-state index in [0.717, 1.165) is 18.9 Å². The van der Waals surface area contributed by atoms with E-state index in [4.69, 9.17) is 4.74 Å². The van der Waals surface area contributed by atoms with Gasteiger partial charge >= 0.3 is 6.03 Å². The number of methoxy groups -OCH3 is 1. The number of hydrogen-bond donors (Lipinski definition) is 2. The number of rotatable bonds is 6. The Morgan fingerprint density at radius 2 is 2.18 bits per heavy atom. The van der Waals surface area contributed by atoms with Crippen molar-refractivity contribution in [2.75, 3.05) is 38.6 Å². The lowest BCUT2D eigenvalue weighted by Gasteiger charge is -2.30. The number of nitrogens with zero attached hydrogens (tertiary/aromatic N) is 2. The second-order valence-corrected chi connectivity index (χ2v) is 5.85. The summed E-state index contributed by atoms with van der Waals surface area (Å²) in [6.45, 7) is 6.42. The van der Waals surface area contributed by atoms with Gasteiger partial charge in [-0.05, 0) is 50.9 Å². The number of hydrogen-bond acceptors (Lipinski definition) is 4. The molecule has 0 radical (unpaired) electrons. The van der Waals surface area contributed by atoms with E-state index in [1.54, 1.807) is 25.4 Å². The van der Waals surface area contributed by atoms with Crippen molar-refractivity contribution in [1.82, 2.24) is 15.2 Å². The Morgan fingerprint density at radius 1 is 1.41 bits per heavy atom. The van der Waals surface area contributed by atoms with E-state index in [2.05, 4.69) is 27.4 Å². The van der Waals surface area contributed by atoms with Crippen LogP contribution in [0.3, 0.4) is 0 Å². The average molecular weight is 306 g/mol. The van der Waals surface area contributed by atoms with Crippen molar-refractivity contribution in [3.63, 3.8) is 0 Å². The van der Waals surface area contributed by atoms with Gasteiger partial charge in [-0.3, -0.25) is 0 Å². The van der Waals surface area contributed by atoms with Crippen molar-refractivity contribution in [2.24, 2.45) is 5.92 Å². The lowest BCUT2D eigenvalue weighted by Crippen LogP contribution is -2.36. The molecule has 122 valence electrons. The third-order valence-electron chi connectivity index (χ3n) is 4.02. The number of carbonyl (C=O) groups excluding carboxylic acids is 1. The first kappa shape index (κ1) is 16.5. The summed E-state index contributed by atoms with van der Waals surface area (Å²) in [5, 5.41) is 5.63. The molecule has 0 spiro atoms. The maximum Gasteiger partial charge on any atom is 0.319 e. The molecule has 0 aliphatic carbocycles. The highest BCUT2D eigenvalue weighted by Crippen LogP contribution is 2.15. The Kier molecular flexibility index (Phi) is 6.45. The van der Waals surface area contributed by atoms with Crippen LogP contribution < -0.4 is 15.4 Å². The highest BCUT2D eigenvalue weighted by Gasteiger charge is 2.14. The monoisotopic (exact) mass is 306 g/mol. The van der Waals surface area contributed by atoms with Gasteiger partial charge in [0.05, 0.1) is 19.0 Å². The molecule has 1 aromatic rings. The van der Waals surface area contributed by atoms with Crippen LogP contribution in [0.5, 0.6) is 5.88 Å². The van der Waals surface area contributed by atoms with Crippen molar-refractivity contribution >= 4 is 11.7 Å². The quantitative estimate of drug-likeness (QED) is 0.792. The molecule has 22 heavy (non-hydrogen) atoms. The number of urea groups is 1. The first-order chi connectivity index (χ1) is 10.7. The number of ether oxygens (including phenoxy) is 1. The van der Waals surface area contributed by atoms with Gasteiger partial charge in [0.15, 0.2) is 0 Å². The molecule has 2 amide bonds. The summed E-state index contributed by atoms with van der Waals surface area (Å²) in [7, 11) is 1.56. The van der Waals surface area contributed by atoms with Crippen molar-refractivity contribution in [3.8, 4) is 5.88 Å². The van der Waals surface area contributed by atoms with Crippen LogP contribution in [0, 0.1) is 5.92 Å². The van der Waals surface area contributed by atoms with E-state index in [1.807, 2.05) is 0 Å². The van der Waals surface area contributed by atoms with Gasteiger partial charge in [-0.25, -0.2) is 9.78 Å². The highest BCUT2D eigenvalue weighted by molar-refractivity contribution is 5.88. The van der Waals surface area contributed by atoms with Crippen LogP contribution in [0.2, 0.25) is 0 Å². The van der Waals surface area contributed by atoms with Gasteiger partial charge in [-0.2, -0.15) is 0 Å². The third kappa shape index (κ3) is 5.52. The predicted octanol–water partition coefficient (Wildman–Crippen LogP) is 2.33. The molecular formula is C16H26N4O2. The number of amides is 2. The summed E-state index contributed by atoms with van der Waals surface area (Å²) in [6, 6.07) is 3.28. The Morgan fingerprint density at radius 3 is 2.82 bits per heavy atom. The predicted molar refractivity (Wildman–Crippen MR) is 87.3 cm³/mol. The minimum Gasteiger partial charge on any atom is -0.481 e. The fourth-order valence-corrected chi connectivity index (χ4v) is 2.54. The van der Waals surface area contributed by atoms with E-state index in [1.165, 1.54) is 25.9 Å². The van der Waals surface area contributed by atoms with Gasteiger partial charge in [0.25, 0.3) is 0 Å². The Bertz CT molecular complexity index is 456. The lowest BCUT2D eigenvalue weighted by molar-refractivity contribution is 0.190. The van der Waals surface area contributed by atoms with E-state index in [9.17, 15) is 4.79 Å². The molecule has 6 heteroatoms. The molecular weight excluding hydrogens is 280 g/mol. The molecule has 2 heterocycles. The average Bonchev–Trinajstić information content (AvgIpc) is 2.54. The molecule has 0 unspecified atom stereocenters. The molecule has 1 aliphatic heterocycles. The SMILES string of the molecule is COc1ccc(NC(=O)NCCCN2CCC(C)CC2)cn1. The zero-order valence-corrected chi connectivity index (χ0v) is 13.5. The van der Waals surface area contributed by atoms with Gasteiger partial charge in [0, 0.05) is 12.6 Å². The molecule has 0 bridgehead atoms. The molecule has 1 aliphatic rings. The van der Waals surface area contributed by atoms with Crippen LogP contribution >= 0.6 is 0 Å². The summed E-state index contributed by atoms with van der Waals surface area (Å²) in [6.07, 6.45) is 5.13. The second kappa shape index (κ2) is 8.58. The molecule has 0 atom stereocenters. The molecule has 2 N–H and O–H groups in total. The zero-order chi connectivity index (χ0) is 15.8. The van der Waals surface area contributed by atoms with E-state index in [0.29, 0.717) is 18.1 Å². The maximum absolute atomic E-state index is 11.8. The highest BCUT2D eigenvalue weighted by atomic mass is 16.5. The fourth-order valence-electron chi connectivity index (χ4n) is 2.54. The van der Waals surface area contributed by atoms with Gasteiger partial charge in [0.2, 0.25) is 5.88 Å². The standard InChI is InChI=1S/C16H26N4O2/c1-13-6-10-20(11-7-13)9-3-8-17-16(21)19-14-4-5-15(22-2)18-12-14/h4-5,12-13H,3,6-11H2,1-2H3,(H2,17,19,21). The first-order valence-corrected chi connectivity index (χ1v) is 7.94. The summed E-state index contributed by atoms with van der Waals surface area (Å²) < 4.78 is 4.97. The first-order valence-electron chi connectivity index (χ1n) is 7.94. The lowest BCUT2D eigenvalue weighted by atomic mass is 9.99. The van der Waals surface area contributed by atoms with E-state index < -0.39 is 0 Å². The van der Waals surface area contributed by atoms with Crippen LogP contribution in [-0.4, -0.2) is 49.2 Å². The molecule has 1 aromatic heterocycles. The van der Waals surface area contributed by atoms with Crippen LogP contribution in [0.15, 0.2) is 18.3 Å². The van der Waals surface area contributed by atoms with Gasteiger partial charge in [-0.1, -0.05) is 6.92 Å². The maximum atomic E-state index is 11.8. The van der Waals surface area contributed by atoms with Crippen molar-refractivity contribution in [2.45, 2.75) is 26.2 Å². The fraction of sp³-hybridized carbons (Fsp3) is 0.625. The Balaban J connectivity index is 1.59. The number of likely N-dealkylation sites (tertiary alicyclic amines) is 1. The van der Waals surface area contributed by atoms with Crippen LogP contribution in [0.4, 0.5) is 10.5 Å². The number of nitrogens with one attached hydrogen (secondary N) is 2. The van der Waals surface area contributed by atoms with Crippen molar-refractivity contribution < 1.29 is 9.53 Å². The summed E-state index contributed by atoms with van der Waals surface area (Å²) in [5.74, 6) is 1.39. The van der Waals surface area contributed by atoms with Crippen molar-refractivity contribution in [3.05, 3.63) is 18.3 Å².